The van der Waals surface area contributed by atoms with E-state index in [1.165, 1.54) is 12.0 Å². The van der Waals surface area contributed by atoms with Crippen molar-refractivity contribution in [3.8, 4) is 0 Å². The van der Waals surface area contributed by atoms with E-state index in [1.54, 1.807) is 0 Å². The van der Waals surface area contributed by atoms with E-state index in [4.69, 9.17) is 11.6 Å². The first-order chi connectivity index (χ1) is 8.20. The van der Waals surface area contributed by atoms with Crippen molar-refractivity contribution in [2.45, 2.75) is 39.0 Å². The molecular weight excluding hydrogens is 232 g/mol. The molecule has 1 saturated carbocycles. The second-order valence-corrected chi connectivity index (χ2v) is 5.40. The van der Waals surface area contributed by atoms with Gasteiger partial charge in [-0.15, -0.1) is 0 Å². The van der Waals surface area contributed by atoms with Crippen molar-refractivity contribution >= 4 is 17.4 Å². The molecule has 2 heteroatoms. The van der Waals surface area contributed by atoms with Crippen LogP contribution in [0.5, 0.6) is 0 Å². The molecule has 1 nitrogen and oxygen atoms in total. The van der Waals surface area contributed by atoms with Gasteiger partial charge in [-0.05, 0) is 43.4 Å². The van der Waals surface area contributed by atoms with Crippen LogP contribution >= 0.6 is 11.6 Å². The highest BCUT2D eigenvalue weighted by Gasteiger charge is 2.29. The van der Waals surface area contributed by atoms with Gasteiger partial charge in [0.25, 0.3) is 0 Å². The van der Waals surface area contributed by atoms with Crippen molar-refractivity contribution < 1.29 is 4.79 Å². The van der Waals surface area contributed by atoms with Crippen LogP contribution in [0.25, 0.3) is 0 Å². The molecule has 1 aromatic carbocycles. The normalized spacial score (nSPS) is 24.9. The fraction of sp³-hybridized carbons (Fsp3) is 0.533. The summed E-state index contributed by atoms with van der Waals surface area (Å²) in [6, 6.07) is 7.87. The number of hydrogen-bond donors (Lipinski definition) is 0. The zero-order valence-electron chi connectivity index (χ0n) is 10.3. The Balaban J connectivity index is 2.02. The first kappa shape index (κ1) is 12.6. The second-order valence-electron chi connectivity index (χ2n) is 4.97. The number of carbonyl (C=O) groups excluding carboxylic acids is 1. The van der Waals surface area contributed by atoms with Crippen molar-refractivity contribution in [1.29, 1.82) is 0 Å². The van der Waals surface area contributed by atoms with Gasteiger partial charge in [0.05, 0.1) is 0 Å². The van der Waals surface area contributed by atoms with Crippen LogP contribution in [0.15, 0.2) is 24.3 Å². The third kappa shape index (κ3) is 3.10. The molecule has 0 aliphatic heterocycles. The van der Waals surface area contributed by atoms with Gasteiger partial charge in [-0.3, -0.25) is 4.79 Å². The fourth-order valence-corrected chi connectivity index (χ4v) is 2.87. The van der Waals surface area contributed by atoms with Gasteiger partial charge in [0.2, 0.25) is 0 Å². The van der Waals surface area contributed by atoms with Crippen LogP contribution in [0.2, 0.25) is 5.02 Å². The highest BCUT2D eigenvalue weighted by Crippen LogP contribution is 2.30. The van der Waals surface area contributed by atoms with Gasteiger partial charge < -0.3 is 0 Å². The molecule has 0 spiro atoms. The molecule has 17 heavy (non-hydrogen) atoms. The minimum absolute atomic E-state index is 0.231. The van der Waals surface area contributed by atoms with E-state index < -0.39 is 0 Å². The molecule has 0 amide bonds. The molecule has 1 aliphatic rings. The highest BCUT2D eigenvalue weighted by atomic mass is 35.5. The molecule has 2 rings (SSSR count). The van der Waals surface area contributed by atoms with E-state index in [0.717, 1.165) is 30.7 Å². The molecule has 2 unspecified atom stereocenters. The lowest BCUT2D eigenvalue weighted by atomic mass is 9.76. The molecule has 0 heterocycles. The molecule has 1 fully saturated rings. The van der Waals surface area contributed by atoms with Crippen LogP contribution in [0, 0.1) is 11.8 Å². The van der Waals surface area contributed by atoms with Crippen molar-refractivity contribution in [2.24, 2.45) is 11.8 Å². The first-order valence-electron chi connectivity index (χ1n) is 6.49. The van der Waals surface area contributed by atoms with Gasteiger partial charge in [-0.2, -0.15) is 0 Å². The van der Waals surface area contributed by atoms with Crippen LogP contribution in [0.4, 0.5) is 0 Å². The van der Waals surface area contributed by atoms with E-state index in [2.05, 4.69) is 6.92 Å². The molecule has 0 radical (unpaired) electrons. The van der Waals surface area contributed by atoms with Crippen LogP contribution in [-0.4, -0.2) is 5.78 Å². The van der Waals surface area contributed by atoms with E-state index in [-0.39, 0.29) is 5.92 Å². The Morgan fingerprint density at radius 1 is 1.18 bits per heavy atom. The van der Waals surface area contributed by atoms with Gasteiger partial charge in [-0.25, -0.2) is 0 Å². The number of ketones is 1. The SMILES string of the molecule is CCC1CCCC(Cc2ccc(Cl)cc2)C1=O. The van der Waals surface area contributed by atoms with Crippen LogP contribution in [-0.2, 0) is 11.2 Å². The Kier molecular flexibility index (Phi) is 4.22. The number of rotatable bonds is 3. The summed E-state index contributed by atoms with van der Waals surface area (Å²) in [5.74, 6) is 1.02. The summed E-state index contributed by atoms with van der Waals surface area (Å²) < 4.78 is 0. The van der Waals surface area contributed by atoms with E-state index >= 15 is 0 Å². The summed E-state index contributed by atoms with van der Waals surface area (Å²) in [7, 11) is 0. The van der Waals surface area contributed by atoms with Gasteiger partial charge in [-0.1, -0.05) is 37.1 Å². The Bertz CT molecular complexity index is 382. The monoisotopic (exact) mass is 250 g/mol. The molecule has 92 valence electrons. The summed E-state index contributed by atoms with van der Waals surface area (Å²) in [6.07, 6.45) is 5.22. The summed E-state index contributed by atoms with van der Waals surface area (Å²) in [5, 5.41) is 0.759. The maximum atomic E-state index is 12.2. The van der Waals surface area contributed by atoms with E-state index in [1.807, 2.05) is 24.3 Å². The Hall–Kier alpha value is -0.820. The zero-order chi connectivity index (χ0) is 12.3. The number of hydrogen-bond acceptors (Lipinski definition) is 1. The topological polar surface area (TPSA) is 17.1 Å². The molecule has 0 N–H and O–H groups in total. The minimum Gasteiger partial charge on any atom is -0.299 e. The van der Waals surface area contributed by atoms with Crippen molar-refractivity contribution in [2.75, 3.05) is 0 Å². The predicted molar refractivity (Wildman–Crippen MR) is 71.3 cm³/mol. The molecular formula is C15H19ClO. The van der Waals surface area contributed by atoms with Gasteiger partial charge >= 0.3 is 0 Å². The van der Waals surface area contributed by atoms with Crippen molar-refractivity contribution in [3.63, 3.8) is 0 Å². The summed E-state index contributed by atoms with van der Waals surface area (Å²) >= 11 is 5.86. The second kappa shape index (κ2) is 5.68. The van der Waals surface area contributed by atoms with Gasteiger partial charge in [0.1, 0.15) is 5.78 Å². The third-order valence-corrected chi connectivity index (χ3v) is 4.05. The van der Waals surface area contributed by atoms with Gasteiger partial charge in [0, 0.05) is 16.9 Å². The maximum Gasteiger partial charge on any atom is 0.139 e. The fourth-order valence-electron chi connectivity index (χ4n) is 2.74. The standard InChI is InChI=1S/C15H19ClO/c1-2-12-4-3-5-13(15(12)17)10-11-6-8-14(16)9-7-11/h6-9,12-13H,2-5,10H2,1H3. The average Bonchev–Trinajstić information content (AvgIpc) is 2.35. The van der Waals surface area contributed by atoms with E-state index in [0.29, 0.717) is 11.7 Å². The highest BCUT2D eigenvalue weighted by molar-refractivity contribution is 6.30. The Morgan fingerprint density at radius 2 is 1.82 bits per heavy atom. The molecule has 1 aromatic rings. The van der Waals surface area contributed by atoms with Crippen LogP contribution in [0.1, 0.15) is 38.2 Å². The molecule has 1 aliphatic carbocycles. The zero-order valence-corrected chi connectivity index (χ0v) is 11.0. The summed E-state index contributed by atoms with van der Waals surface area (Å²) in [4.78, 5) is 12.2. The third-order valence-electron chi connectivity index (χ3n) is 3.80. The van der Waals surface area contributed by atoms with E-state index in [9.17, 15) is 4.79 Å². The molecule has 0 saturated heterocycles. The first-order valence-corrected chi connectivity index (χ1v) is 6.86. The lowest BCUT2D eigenvalue weighted by Crippen LogP contribution is -2.29. The lowest BCUT2D eigenvalue weighted by molar-refractivity contribution is -0.129. The Morgan fingerprint density at radius 3 is 2.47 bits per heavy atom. The average molecular weight is 251 g/mol. The summed E-state index contributed by atoms with van der Waals surface area (Å²) in [6.45, 7) is 2.12. The van der Waals surface area contributed by atoms with Crippen molar-refractivity contribution in [1.82, 2.24) is 0 Å². The molecule has 0 bridgehead atoms. The van der Waals surface area contributed by atoms with Crippen LogP contribution in [0.3, 0.4) is 0 Å². The smallest absolute Gasteiger partial charge is 0.139 e. The number of halogens is 1. The molecule has 0 aromatic heterocycles. The Labute approximate surface area is 108 Å². The summed E-state index contributed by atoms with van der Waals surface area (Å²) in [5.41, 5.74) is 1.23. The number of carbonyl (C=O) groups is 1. The van der Waals surface area contributed by atoms with Crippen molar-refractivity contribution in [3.05, 3.63) is 34.9 Å². The van der Waals surface area contributed by atoms with Crippen LogP contribution < -0.4 is 0 Å². The lowest BCUT2D eigenvalue weighted by Gasteiger charge is -2.27. The number of benzene rings is 1. The number of Topliss-reactive ketones (excluding diaryl/α,β-unsaturated/α-hetero) is 1. The quantitative estimate of drug-likeness (QED) is 0.783. The maximum absolute atomic E-state index is 12.2. The van der Waals surface area contributed by atoms with Gasteiger partial charge in [0.15, 0.2) is 0 Å². The predicted octanol–water partition coefficient (Wildman–Crippen LogP) is 4.28. The molecule has 2 atom stereocenters. The largest absolute Gasteiger partial charge is 0.299 e. The minimum atomic E-state index is 0.231.